The summed E-state index contributed by atoms with van der Waals surface area (Å²) >= 11 is 1.61. The normalized spacial score (nSPS) is 11.4. The van der Waals surface area contributed by atoms with Crippen LogP contribution in [0.4, 0.5) is 5.95 Å². The van der Waals surface area contributed by atoms with Crippen molar-refractivity contribution in [2.45, 2.75) is 19.9 Å². The first-order valence-electron chi connectivity index (χ1n) is 8.18. The van der Waals surface area contributed by atoms with Crippen LogP contribution in [-0.4, -0.2) is 29.0 Å². The number of para-hydroxylation sites is 1. The Morgan fingerprint density at radius 2 is 2.24 bits per heavy atom. The van der Waals surface area contributed by atoms with Crippen LogP contribution in [0, 0.1) is 0 Å². The smallest absolute Gasteiger partial charge is 0.262 e. The van der Waals surface area contributed by atoms with Crippen LogP contribution in [0.1, 0.15) is 18.9 Å². The number of ether oxygens (including phenoxy) is 1. The van der Waals surface area contributed by atoms with E-state index in [9.17, 15) is 4.79 Å². The quantitative estimate of drug-likeness (QED) is 0.382. The number of hydrogen-bond acceptors (Lipinski definition) is 6. The number of anilines is 1. The highest BCUT2D eigenvalue weighted by Gasteiger charge is 2.10. The molecule has 0 aliphatic heterocycles. The molecule has 0 radical (unpaired) electrons. The monoisotopic (exact) mass is 356 g/mol. The molecule has 0 spiro atoms. The zero-order valence-electron chi connectivity index (χ0n) is 14.0. The lowest BCUT2D eigenvalue weighted by molar-refractivity contribution is 0.141. The summed E-state index contributed by atoms with van der Waals surface area (Å²) in [7, 11) is 0. The van der Waals surface area contributed by atoms with Crippen molar-refractivity contribution in [3.63, 3.8) is 0 Å². The first-order valence-corrected chi connectivity index (χ1v) is 9.12. The number of thiophene rings is 1. The van der Waals surface area contributed by atoms with Gasteiger partial charge < -0.3 is 4.74 Å². The summed E-state index contributed by atoms with van der Waals surface area (Å²) in [6.45, 7) is 3.75. The number of rotatable bonds is 8. The Balaban J connectivity index is 1.88. The molecule has 0 bridgehead atoms. The van der Waals surface area contributed by atoms with Gasteiger partial charge in [-0.15, -0.1) is 0 Å². The van der Waals surface area contributed by atoms with Gasteiger partial charge in [-0.1, -0.05) is 12.1 Å². The average Bonchev–Trinajstić information content (AvgIpc) is 3.14. The van der Waals surface area contributed by atoms with Crippen molar-refractivity contribution in [3.8, 4) is 0 Å². The molecule has 3 aromatic rings. The lowest BCUT2D eigenvalue weighted by Crippen LogP contribution is -2.25. The summed E-state index contributed by atoms with van der Waals surface area (Å²) in [5.74, 6) is 0.437. The van der Waals surface area contributed by atoms with E-state index in [0.717, 1.165) is 12.0 Å². The maximum absolute atomic E-state index is 12.8. The van der Waals surface area contributed by atoms with Crippen molar-refractivity contribution >= 4 is 34.4 Å². The first kappa shape index (κ1) is 17.3. The van der Waals surface area contributed by atoms with Gasteiger partial charge in [0.25, 0.3) is 5.56 Å². The van der Waals surface area contributed by atoms with Crippen molar-refractivity contribution < 1.29 is 4.74 Å². The van der Waals surface area contributed by atoms with E-state index in [-0.39, 0.29) is 5.56 Å². The van der Waals surface area contributed by atoms with Gasteiger partial charge in [0.05, 0.1) is 17.1 Å². The van der Waals surface area contributed by atoms with E-state index in [4.69, 9.17) is 4.74 Å². The van der Waals surface area contributed by atoms with Crippen LogP contribution in [0.5, 0.6) is 0 Å². The van der Waals surface area contributed by atoms with E-state index in [1.54, 1.807) is 28.2 Å². The molecule has 0 aliphatic rings. The van der Waals surface area contributed by atoms with Gasteiger partial charge in [0.1, 0.15) is 0 Å². The van der Waals surface area contributed by atoms with Gasteiger partial charge in [0.15, 0.2) is 0 Å². The van der Waals surface area contributed by atoms with Crippen molar-refractivity contribution in [3.05, 3.63) is 57.0 Å². The van der Waals surface area contributed by atoms with Gasteiger partial charge in [-0.05, 0) is 42.3 Å². The zero-order valence-corrected chi connectivity index (χ0v) is 14.8. The Morgan fingerprint density at radius 1 is 1.36 bits per heavy atom. The highest BCUT2D eigenvalue weighted by Crippen LogP contribution is 2.12. The van der Waals surface area contributed by atoms with E-state index < -0.39 is 0 Å². The second kappa shape index (κ2) is 8.55. The molecule has 0 aliphatic carbocycles. The van der Waals surface area contributed by atoms with Crippen LogP contribution < -0.4 is 11.0 Å². The average molecular weight is 356 g/mol. The van der Waals surface area contributed by atoms with Crippen molar-refractivity contribution in [1.82, 2.24) is 9.55 Å². The van der Waals surface area contributed by atoms with Gasteiger partial charge in [-0.3, -0.25) is 9.36 Å². The minimum atomic E-state index is -0.0738. The summed E-state index contributed by atoms with van der Waals surface area (Å²) < 4.78 is 6.99. The lowest BCUT2D eigenvalue weighted by atomic mass is 10.2. The Labute approximate surface area is 149 Å². The van der Waals surface area contributed by atoms with Crippen molar-refractivity contribution in [2.24, 2.45) is 5.10 Å². The van der Waals surface area contributed by atoms with Gasteiger partial charge in [0.2, 0.25) is 5.95 Å². The minimum Gasteiger partial charge on any atom is -0.382 e. The summed E-state index contributed by atoms with van der Waals surface area (Å²) in [6, 6.07) is 9.31. The molecule has 1 N–H and O–H groups in total. The third-order valence-corrected chi connectivity index (χ3v) is 4.36. The van der Waals surface area contributed by atoms with Crippen LogP contribution in [-0.2, 0) is 11.3 Å². The number of benzene rings is 1. The number of nitrogens with one attached hydrogen (secondary N) is 1. The predicted molar refractivity (Wildman–Crippen MR) is 103 cm³/mol. The van der Waals surface area contributed by atoms with Crippen LogP contribution in [0.2, 0.25) is 0 Å². The lowest BCUT2D eigenvalue weighted by Gasteiger charge is -2.12. The second-order valence-electron chi connectivity index (χ2n) is 5.39. The molecule has 0 saturated heterocycles. The van der Waals surface area contributed by atoms with E-state index in [0.29, 0.717) is 36.6 Å². The van der Waals surface area contributed by atoms with Crippen molar-refractivity contribution in [1.29, 1.82) is 0 Å². The number of aromatic nitrogens is 2. The molecule has 6 nitrogen and oxygen atoms in total. The van der Waals surface area contributed by atoms with E-state index in [1.807, 2.05) is 41.9 Å². The van der Waals surface area contributed by atoms with Crippen LogP contribution in [0.3, 0.4) is 0 Å². The molecule has 0 saturated carbocycles. The van der Waals surface area contributed by atoms with E-state index >= 15 is 0 Å². The molecule has 130 valence electrons. The minimum absolute atomic E-state index is 0.0738. The first-order chi connectivity index (χ1) is 12.3. The Kier molecular flexibility index (Phi) is 5.92. The molecule has 3 rings (SSSR count). The molecule has 2 aromatic heterocycles. The fourth-order valence-corrected chi connectivity index (χ4v) is 3.05. The highest BCUT2D eigenvalue weighted by molar-refractivity contribution is 7.08. The summed E-state index contributed by atoms with van der Waals surface area (Å²) in [4.78, 5) is 17.4. The van der Waals surface area contributed by atoms with Gasteiger partial charge in [0, 0.05) is 25.3 Å². The Morgan fingerprint density at radius 3 is 3.04 bits per heavy atom. The Bertz CT molecular complexity index is 903. The molecule has 0 atom stereocenters. The zero-order chi connectivity index (χ0) is 17.5. The number of hydrazone groups is 1. The molecular weight excluding hydrogens is 336 g/mol. The fourth-order valence-electron chi connectivity index (χ4n) is 2.44. The third kappa shape index (κ3) is 4.32. The predicted octanol–water partition coefficient (Wildman–Crippen LogP) is 3.33. The molecule has 25 heavy (non-hydrogen) atoms. The summed E-state index contributed by atoms with van der Waals surface area (Å²) in [5, 5.41) is 8.80. The summed E-state index contributed by atoms with van der Waals surface area (Å²) in [6.07, 6.45) is 2.44. The van der Waals surface area contributed by atoms with Crippen LogP contribution in [0.15, 0.2) is 51.0 Å². The molecule has 2 heterocycles. The molecular formula is C18H20N4O2S. The van der Waals surface area contributed by atoms with E-state index in [1.165, 1.54) is 0 Å². The topological polar surface area (TPSA) is 68.5 Å². The maximum Gasteiger partial charge on any atom is 0.262 e. The molecule has 0 amide bonds. The highest BCUT2D eigenvalue weighted by atomic mass is 32.1. The van der Waals surface area contributed by atoms with Crippen molar-refractivity contribution in [2.75, 3.05) is 18.6 Å². The second-order valence-corrected chi connectivity index (χ2v) is 6.17. The molecule has 7 heteroatoms. The fraction of sp³-hybridized carbons (Fsp3) is 0.278. The number of fused-ring (bicyclic) bond motifs is 1. The van der Waals surface area contributed by atoms with Crippen LogP contribution >= 0.6 is 11.3 Å². The molecule has 0 unspecified atom stereocenters. The van der Waals surface area contributed by atoms with Gasteiger partial charge >= 0.3 is 0 Å². The molecule has 1 aromatic carbocycles. The third-order valence-electron chi connectivity index (χ3n) is 3.66. The number of nitrogens with zero attached hydrogens (tertiary/aromatic N) is 3. The van der Waals surface area contributed by atoms with E-state index in [2.05, 4.69) is 15.5 Å². The van der Waals surface area contributed by atoms with Crippen LogP contribution in [0.25, 0.3) is 10.9 Å². The molecule has 0 fully saturated rings. The Hall–Kier alpha value is -2.51. The largest absolute Gasteiger partial charge is 0.382 e. The SMILES string of the molecule is CCOCCCn1c(N/N=C\c2ccsc2)nc2ccccc2c1=O. The van der Waals surface area contributed by atoms with Gasteiger partial charge in [-0.2, -0.15) is 16.4 Å². The maximum atomic E-state index is 12.8. The number of hydrogen-bond donors (Lipinski definition) is 1. The van der Waals surface area contributed by atoms with Gasteiger partial charge in [-0.25, -0.2) is 10.4 Å². The summed E-state index contributed by atoms with van der Waals surface area (Å²) in [5.41, 5.74) is 4.49. The standard InChI is InChI=1S/C18H20N4O2S/c1-2-24-10-5-9-22-17(23)15-6-3-4-7-16(15)20-18(22)21-19-12-14-8-11-25-13-14/h3-4,6-8,11-13H,2,5,9-10H2,1H3,(H,20,21)/b19-12-.